The average Bonchev–Trinajstić information content (AvgIpc) is 2.57. The van der Waals surface area contributed by atoms with Crippen molar-refractivity contribution < 1.29 is 27.6 Å². The molecule has 0 aliphatic rings. The lowest BCUT2D eigenvalue weighted by atomic mass is 10.1. The highest BCUT2D eigenvalue weighted by atomic mass is 19.2. The van der Waals surface area contributed by atoms with Gasteiger partial charge in [0.2, 0.25) is 0 Å². The molecule has 126 valence electrons. The summed E-state index contributed by atoms with van der Waals surface area (Å²) >= 11 is 0. The standard InChI is InChI=1S/C16H12F4N2O2/c1-2-9-3-5-10(6-4-9)22(13(23)8-21-24)16-14(19)11(17)7-12(18)15(16)20/h3-8,24H,2H2,1H3. The molecule has 8 heteroatoms. The highest BCUT2D eigenvalue weighted by Gasteiger charge is 2.28. The SMILES string of the molecule is CCc1ccc(N(C(=O)C=NO)c2c(F)c(F)cc(F)c2F)cc1. The smallest absolute Gasteiger partial charge is 0.277 e. The molecular formula is C16H12F4N2O2. The van der Waals surface area contributed by atoms with E-state index in [4.69, 9.17) is 5.21 Å². The third-order valence-electron chi connectivity index (χ3n) is 3.30. The monoisotopic (exact) mass is 340 g/mol. The van der Waals surface area contributed by atoms with Gasteiger partial charge in [0.15, 0.2) is 23.3 Å². The van der Waals surface area contributed by atoms with Gasteiger partial charge >= 0.3 is 0 Å². The van der Waals surface area contributed by atoms with Gasteiger partial charge in [-0.1, -0.05) is 24.2 Å². The zero-order valence-electron chi connectivity index (χ0n) is 12.4. The van der Waals surface area contributed by atoms with Gasteiger partial charge in [0.25, 0.3) is 5.91 Å². The molecule has 0 aliphatic heterocycles. The second-order valence-corrected chi connectivity index (χ2v) is 4.76. The van der Waals surface area contributed by atoms with Crippen LogP contribution in [0.4, 0.5) is 28.9 Å². The minimum Gasteiger partial charge on any atom is -0.411 e. The van der Waals surface area contributed by atoms with Crippen LogP contribution in [-0.2, 0) is 11.2 Å². The van der Waals surface area contributed by atoms with Gasteiger partial charge in [0.05, 0.1) is 0 Å². The van der Waals surface area contributed by atoms with Gasteiger partial charge in [0.1, 0.15) is 11.9 Å². The number of hydrogen-bond donors (Lipinski definition) is 1. The van der Waals surface area contributed by atoms with Crippen molar-refractivity contribution >= 4 is 23.5 Å². The minimum absolute atomic E-state index is 0.0388. The third kappa shape index (κ3) is 3.22. The summed E-state index contributed by atoms with van der Waals surface area (Å²) in [6.45, 7) is 1.87. The molecule has 0 bridgehead atoms. The number of hydrogen-bond acceptors (Lipinski definition) is 3. The predicted octanol–water partition coefficient (Wildman–Crippen LogP) is 3.93. The minimum atomic E-state index is -1.74. The first-order valence-electron chi connectivity index (χ1n) is 6.84. The number of amides is 1. The lowest BCUT2D eigenvalue weighted by molar-refractivity contribution is -0.111. The van der Waals surface area contributed by atoms with E-state index in [0.29, 0.717) is 17.5 Å². The molecule has 0 aromatic heterocycles. The molecule has 2 aromatic carbocycles. The molecule has 2 rings (SSSR count). The van der Waals surface area contributed by atoms with Gasteiger partial charge in [-0.15, -0.1) is 0 Å². The lowest BCUT2D eigenvalue weighted by Crippen LogP contribution is -2.29. The van der Waals surface area contributed by atoms with E-state index >= 15 is 0 Å². The van der Waals surface area contributed by atoms with Crippen molar-refractivity contribution in [3.8, 4) is 0 Å². The second-order valence-electron chi connectivity index (χ2n) is 4.76. The van der Waals surface area contributed by atoms with Crippen LogP contribution in [0.2, 0.25) is 0 Å². The predicted molar refractivity (Wildman–Crippen MR) is 79.5 cm³/mol. The van der Waals surface area contributed by atoms with Crippen molar-refractivity contribution in [1.82, 2.24) is 0 Å². The number of anilines is 2. The van der Waals surface area contributed by atoms with Gasteiger partial charge < -0.3 is 5.21 Å². The third-order valence-corrected chi connectivity index (χ3v) is 3.30. The Bertz CT molecular complexity index is 765. The topological polar surface area (TPSA) is 52.9 Å². The molecule has 0 spiro atoms. The fourth-order valence-corrected chi connectivity index (χ4v) is 2.11. The fraction of sp³-hybridized carbons (Fsp3) is 0.125. The van der Waals surface area contributed by atoms with Gasteiger partial charge in [-0.3, -0.25) is 9.69 Å². The summed E-state index contributed by atoms with van der Waals surface area (Å²) in [7, 11) is 0. The Balaban J connectivity index is 2.70. The largest absolute Gasteiger partial charge is 0.411 e. The molecule has 0 unspecified atom stereocenters. The van der Waals surface area contributed by atoms with Crippen LogP contribution >= 0.6 is 0 Å². The van der Waals surface area contributed by atoms with Gasteiger partial charge in [0, 0.05) is 11.8 Å². The van der Waals surface area contributed by atoms with Gasteiger partial charge in [-0.2, -0.15) is 0 Å². The summed E-state index contributed by atoms with van der Waals surface area (Å²) in [6.07, 6.45) is 1.03. The first-order valence-corrected chi connectivity index (χ1v) is 6.84. The van der Waals surface area contributed by atoms with E-state index in [1.54, 1.807) is 12.1 Å². The maximum Gasteiger partial charge on any atom is 0.277 e. The Hall–Kier alpha value is -2.90. The molecule has 1 N–H and O–H groups in total. The van der Waals surface area contributed by atoms with Crippen molar-refractivity contribution in [3.63, 3.8) is 0 Å². The maximum atomic E-state index is 14.0. The van der Waals surface area contributed by atoms with Crippen LogP contribution < -0.4 is 4.90 Å². The number of rotatable bonds is 4. The number of carbonyl (C=O) groups is 1. The van der Waals surface area contributed by atoms with Crippen LogP contribution in [0.3, 0.4) is 0 Å². The molecule has 2 aromatic rings. The van der Waals surface area contributed by atoms with Crippen LogP contribution in [0.25, 0.3) is 0 Å². The highest BCUT2D eigenvalue weighted by molar-refractivity contribution is 6.34. The molecule has 1 amide bonds. The number of benzene rings is 2. The lowest BCUT2D eigenvalue weighted by Gasteiger charge is -2.22. The Morgan fingerprint density at radius 3 is 2.12 bits per heavy atom. The van der Waals surface area contributed by atoms with E-state index in [-0.39, 0.29) is 11.8 Å². The summed E-state index contributed by atoms with van der Waals surface area (Å²) in [4.78, 5) is 12.4. The van der Waals surface area contributed by atoms with E-state index in [2.05, 4.69) is 5.16 Å². The molecule has 0 fully saturated rings. The quantitative estimate of drug-likeness (QED) is 0.301. The Labute approximate surface area is 134 Å². The van der Waals surface area contributed by atoms with E-state index < -0.39 is 34.9 Å². The first kappa shape index (κ1) is 17.5. The zero-order chi connectivity index (χ0) is 17.9. The number of carbonyl (C=O) groups excluding carboxylic acids is 1. The maximum absolute atomic E-state index is 14.0. The highest BCUT2D eigenvalue weighted by Crippen LogP contribution is 2.33. The van der Waals surface area contributed by atoms with Crippen molar-refractivity contribution in [1.29, 1.82) is 0 Å². The molecule has 0 aliphatic carbocycles. The van der Waals surface area contributed by atoms with E-state index in [1.165, 1.54) is 12.1 Å². The number of aryl methyl sites for hydroxylation is 1. The summed E-state index contributed by atoms with van der Waals surface area (Å²) < 4.78 is 55.0. The van der Waals surface area contributed by atoms with Crippen LogP contribution in [0, 0.1) is 23.3 Å². The van der Waals surface area contributed by atoms with Gasteiger partial charge in [-0.25, -0.2) is 17.6 Å². The van der Waals surface area contributed by atoms with Crippen molar-refractivity contribution in [3.05, 3.63) is 59.2 Å². The van der Waals surface area contributed by atoms with Crippen LogP contribution in [0.15, 0.2) is 35.5 Å². The fourth-order valence-electron chi connectivity index (χ4n) is 2.11. The van der Waals surface area contributed by atoms with Crippen molar-refractivity contribution in [2.45, 2.75) is 13.3 Å². The number of nitrogens with zero attached hydrogens (tertiary/aromatic N) is 2. The van der Waals surface area contributed by atoms with Crippen LogP contribution in [0.5, 0.6) is 0 Å². The molecule has 4 nitrogen and oxygen atoms in total. The first-order chi connectivity index (χ1) is 11.4. The Kier molecular flexibility index (Phi) is 5.18. The molecule has 0 saturated heterocycles. The average molecular weight is 340 g/mol. The van der Waals surface area contributed by atoms with E-state index in [9.17, 15) is 22.4 Å². The molecular weight excluding hydrogens is 328 g/mol. The zero-order valence-corrected chi connectivity index (χ0v) is 12.4. The number of halogens is 4. The summed E-state index contributed by atoms with van der Waals surface area (Å²) in [5.41, 5.74) is -0.421. The van der Waals surface area contributed by atoms with E-state index in [1.807, 2.05) is 6.92 Å². The Morgan fingerprint density at radius 2 is 1.67 bits per heavy atom. The summed E-state index contributed by atoms with van der Waals surface area (Å²) in [5, 5.41) is 11.0. The number of oxime groups is 1. The van der Waals surface area contributed by atoms with Crippen molar-refractivity contribution in [2.24, 2.45) is 5.16 Å². The van der Waals surface area contributed by atoms with Crippen LogP contribution in [0.1, 0.15) is 12.5 Å². The normalized spacial score (nSPS) is 11.0. The Morgan fingerprint density at radius 1 is 1.12 bits per heavy atom. The molecule has 24 heavy (non-hydrogen) atoms. The summed E-state index contributed by atoms with van der Waals surface area (Å²) in [5.74, 6) is -7.99. The molecule has 0 radical (unpaired) electrons. The summed E-state index contributed by atoms with van der Waals surface area (Å²) in [6, 6.07) is 5.90. The molecule has 0 atom stereocenters. The van der Waals surface area contributed by atoms with Gasteiger partial charge in [-0.05, 0) is 24.1 Å². The molecule has 0 heterocycles. The molecule has 0 saturated carbocycles. The second kappa shape index (κ2) is 7.12. The van der Waals surface area contributed by atoms with E-state index in [0.717, 1.165) is 5.56 Å². The van der Waals surface area contributed by atoms with Crippen molar-refractivity contribution in [2.75, 3.05) is 4.90 Å². The van der Waals surface area contributed by atoms with Crippen LogP contribution in [-0.4, -0.2) is 17.3 Å².